The number of anilines is 2. The standard InChI is InChI=1S/C20H27N3O/c1-5-23(14-17-9-11-19(12-10-17)22(3)4)15-20(24)21-18-8-6-7-16(2)13-18/h6-13H,5,14-15H2,1-4H3,(H,21,24)/p+1. The summed E-state index contributed by atoms with van der Waals surface area (Å²) in [6, 6.07) is 16.4. The minimum absolute atomic E-state index is 0.0577. The second-order valence-electron chi connectivity index (χ2n) is 6.44. The fourth-order valence-electron chi connectivity index (χ4n) is 2.67. The number of hydrogen-bond donors (Lipinski definition) is 2. The molecule has 0 radical (unpaired) electrons. The maximum Gasteiger partial charge on any atom is 0.279 e. The highest BCUT2D eigenvalue weighted by Gasteiger charge is 2.13. The second kappa shape index (κ2) is 8.50. The maximum absolute atomic E-state index is 12.3. The Kier molecular flexibility index (Phi) is 6.38. The maximum atomic E-state index is 12.3. The van der Waals surface area contributed by atoms with Crippen LogP contribution in [-0.4, -0.2) is 33.1 Å². The Morgan fingerprint density at radius 2 is 1.83 bits per heavy atom. The Morgan fingerprint density at radius 1 is 1.12 bits per heavy atom. The van der Waals surface area contributed by atoms with Gasteiger partial charge in [0, 0.05) is 31.0 Å². The molecule has 2 rings (SSSR count). The summed E-state index contributed by atoms with van der Waals surface area (Å²) in [6.07, 6.45) is 0. The van der Waals surface area contributed by atoms with E-state index in [-0.39, 0.29) is 5.91 Å². The van der Waals surface area contributed by atoms with Crippen molar-refractivity contribution in [1.82, 2.24) is 0 Å². The second-order valence-corrected chi connectivity index (χ2v) is 6.44. The van der Waals surface area contributed by atoms with Gasteiger partial charge >= 0.3 is 0 Å². The van der Waals surface area contributed by atoms with Gasteiger partial charge in [0.2, 0.25) is 0 Å². The van der Waals surface area contributed by atoms with Crippen LogP contribution >= 0.6 is 0 Å². The summed E-state index contributed by atoms with van der Waals surface area (Å²) in [6.45, 7) is 6.38. The van der Waals surface area contributed by atoms with Gasteiger partial charge in [-0.3, -0.25) is 4.79 Å². The number of amides is 1. The molecule has 0 aromatic heterocycles. The quantitative estimate of drug-likeness (QED) is 0.818. The molecule has 0 spiro atoms. The smallest absolute Gasteiger partial charge is 0.279 e. The molecule has 2 N–H and O–H groups in total. The Hall–Kier alpha value is -2.33. The highest BCUT2D eigenvalue weighted by molar-refractivity contribution is 5.91. The van der Waals surface area contributed by atoms with Gasteiger partial charge in [-0.15, -0.1) is 0 Å². The number of carbonyl (C=O) groups is 1. The molecule has 4 nitrogen and oxygen atoms in total. The van der Waals surface area contributed by atoms with E-state index >= 15 is 0 Å². The Balaban J connectivity index is 1.92. The molecule has 0 saturated carbocycles. The van der Waals surface area contributed by atoms with Crippen molar-refractivity contribution in [3.63, 3.8) is 0 Å². The van der Waals surface area contributed by atoms with Crippen LogP contribution in [0, 0.1) is 6.92 Å². The van der Waals surface area contributed by atoms with Crippen LogP contribution in [0.2, 0.25) is 0 Å². The molecule has 24 heavy (non-hydrogen) atoms. The Labute approximate surface area is 145 Å². The summed E-state index contributed by atoms with van der Waals surface area (Å²) >= 11 is 0. The fourth-order valence-corrected chi connectivity index (χ4v) is 2.67. The number of benzene rings is 2. The van der Waals surface area contributed by atoms with Gasteiger partial charge in [0.1, 0.15) is 6.54 Å². The van der Waals surface area contributed by atoms with Crippen molar-refractivity contribution < 1.29 is 9.69 Å². The average Bonchev–Trinajstić information content (AvgIpc) is 2.54. The first-order valence-electron chi connectivity index (χ1n) is 8.44. The monoisotopic (exact) mass is 326 g/mol. The highest BCUT2D eigenvalue weighted by Crippen LogP contribution is 2.11. The van der Waals surface area contributed by atoms with Crippen LogP contribution in [0.15, 0.2) is 48.5 Å². The lowest BCUT2D eigenvalue weighted by Crippen LogP contribution is -3.11. The SMILES string of the molecule is CC[NH+](CC(=O)Nc1cccc(C)c1)Cc1ccc(N(C)C)cc1. The van der Waals surface area contributed by atoms with Gasteiger partial charge < -0.3 is 15.1 Å². The zero-order chi connectivity index (χ0) is 17.5. The summed E-state index contributed by atoms with van der Waals surface area (Å²) < 4.78 is 0. The number of nitrogens with zero attached hydrogens (tertiary/aromatic N) is 1. The minimum atomic E-state index is 0.0577. The van der Waals surface area contributed by atoms with Gasteiger partial charge in [-0.05, 0) is 43.7 Å². The van der Waals surface area contributed by atoms with Gasteiger partial charge in [0.05, 0.1) is 6.54 Å². The molecule has 2 aromatic rings. The van der Waals surface area contributed by atoms with Crippen LogP contribution in [0.4, 0.5) is 11.4 Å². The molecule has 2 aromatic carbocycles. The van der Waals surface area contributed by atoms with E-state index in [0.29, 0.717) is 6.54 Å². The molecule has 0 bridgehead atoms. The molecule has 0 heterocycles. The lowest BCUT2D eigenvalue weighted by Gasteiger charge is -2.18. The first kappa shape index (κ1) is 18.0. The van der Waals surface area contributed by atoms with Gasteiger partial charge in [-0.25, -0.2) is 0 Å². The van der Waals surface area contributed by atoms with E-state index in [9.17, 15) is 4.79 Å². The summed E-state index contributed by atoms with van der Waals surface area (Å²) in [5, 5.41) is 2.99. The van der Waals surface area contributed by atoms with Crippen molar-refractivity contribution in [1.29, 1.82) is 0 Å². The zero-order valence-electron chi connectivity index (χ0n) is 15.1. The zero-order valence-corrected chi connectivity index (χ0v) is 15.1. The predicted octanol–water partition coefficient (Wildman–Crippen LogP) is 2.10. The molecule has 0 fully saturated rings. The molecule has 1 atom stereocenters. The van der Waals surface area contributed by atoms with Crippen molar-refractivity contribution in [2.24, 2.45) is 0 Å². The van der Waals surface area contributed by atoms with Crippen molar-refractivity contribution in [2.45, 2.75) is 20.4 Å². The van der Waals surface area contributed by atoms with Crippen molar-refractivity contribution in [3.8, 4) is 0 Å². The Morgan fingerprint density at radius 3 is 2.42 bits per heavy atom. The van der Waals surface area contributed by atoms with Gasteiger partial charge in [-0.1, -0.05) is 24.3 Å². The fraction of sp³-hybridized carbons (Fsp3) is 0.350. The molecule has 0 saturated heterocycles. The molecule has 128 valence electrons. The third-order valence-electron chi connectivity index (χ3n) is 4.12. The van der Waals surface area contributed by atoms with Crippen LogP contribution in [-0.2, 0) is 11.3 Å². The minimum Gasteiger partial charge on any atom is -0.378 e. The van der Waals surface area contributed by atoms with E-state index in [4.69, 9.17) is 0 Å². The molecule has 0 aliphatic rings. The molecular weight excluding hydrogens is 298 g/mol. The number of rotatable bonds is 7. The Bertz CT molecular complexity index is 665. The van der Waals surface area contributed by atoms with Crippen LogP contribution in [0.25, 0.3) is 0 Å². The number of aryl methyl sites for hydroxylation is 1. The first-order valence-corrected chi connectivity index (χ1v) is 8.44. The van der Waals surface area contributed by atoms with E-state index in [1.807, 2.05) is 45.3 Å². The third-order valence-corrected chi connectivity index (χ3v) is 4.12. The lowest BCUT2D eigenvalue weighted by atomic mass is 10.2. The van der Waals surface area contributed by atoms with Crippen LogP contribution in [0.5, 0.6) is 0 Å². The van der Waals surface area contributed by atoms with Crippen LogP contribution in [0.1, 0.15) is 18.1 Å². The van der Waals surface area contributed by atoms with E-state index in [2.05, 4.69) is 41.4 Å². The largest absolute Gasteiger partial charge is 0.378 e. The topological polar surface area (TPSA) is 36.8 Å². The van der Waals surface area contributed by atoms with E-state index in [1.54, 1.807) is 0 Å². The van der Waals surface area contributed by atoms with Crippen molar-refractivity contribution >= 4 is 17.3 Å². The first-order chi connectivity index (χ1) is 11.5. The molecule has 0 aliphatic carbocycles. The van der Waals surface area contributed by atoms with Gasteiger partial charge in [0.15, 0.2) is 6.54 Å². The third kappa shape index (κ3) is 5.39. The van der Waals surface area contributed by atoms with E-state index in [0.717, 1.165) is 24.3 Å². The van der Waals surface area contributed by atoms with Crippen LogP contribution in [0.3, 0.4) is 0 Å². The summed E-state index contributed by atoms with van der Waals surface area (Å²) in [7, 11) is 4.07. The number of hydrogen-bond acceptors (Lipinski definition) is 2. The van der Waals surface area contributed by atoms with Gasteiger partial charge in [-0.2, -0.15) is 0 Å². The molecular formula is C20H28N3O+. The van der Waals surface area contributed by atoms with Crippen molar-refractivity contribution in [2.75, 3.05) is 37.4 Å². The number of carbonyl (C=O) groups excluding carboxylic acids is 1. The summed E-state index contributed by atoms with van der Waals surface area (Å²) in [4.78, 5) is 15.6. The number of quaternary nitrogens is 1. The van der Waals surface area contributed by atoms with Gasteiger partial charge in [0.25, 0.3) is 5.91 Å². The summed E-state index contributed by atoms with van der Waals surface area (Å²) in [5.74, 6) is 0.0577. The lowest BCUT2D eigenvalue weighted by molar-refractivity contribution is -0.903. The normalized spacial score (nSPS) is 11.8. The predicted molar refractivity (Wildman–Crippen MR) is 101 cm³/mol. The average molecular weight is 326 g/mol. The highest BCUT2D eigenvalue weighted by atomic mass is 16.2. The summed E-state index contributed by atoms with van der Waals surface area (Å²) in [5.41, 5.74) is 4.45. The number of likely N-dealkylation sites (N-methyl/N-ethyl adjacent to an activating group) is 1. The van der Waals surface area contributed by atoms with E-state index in [1.165, 1.54) is 16.2 Å². The molecule has 0 aliphatic heterocycles. The van der Waals surface area contributed by atoms with Crippen molar-refractivity contribution in [3.05, 3.63) is 59.7 Å². The van der Waals surface area contributed by atoms with E-state index < -0.39 is 0 Å². The molecule has 1 unspecified atom stereocenters. The molecule has 1 amide bonds. The molecule has 4 heteroatoms. The van der Waals surface area contributed by atoms with Crippen LogP contribution < -0.4 is 15.1 Å². The number of nitrogens with one attached hydrogen (secondary N) is 2.